The lowest BCUT2D eigenvalue weighted by Crippen LogP contribution is -2.40. The number of ether oxygens (including phenoxy) is 1. The van der Waals surface area contributed by atoms with Crippen molar-refractivity contribution >= 4 is 17.4 Å². The van der Waals surface area contributed by atoms with Gasteiger partial charge in [0.2, 0.25) is 5.89 Å². The van der Waals surface area contributed by atoms with Gasteiger partial charge in [0.25, 0.3) is 0 Å². The Balaban J connectivity index is 1.59. The molecule has 5 rings (SSSR count). The number of carboxylic acids is 1. The lowest BCUT2D eigenvalue weighted by Gasteiger charge is -2.40. The molecule has 1 N–H and O–H groups in total. The number of nitrogens with zero attached hydrogens (tertiary/aromatic N) is 4. The summed E-state index contributed by atoms with van der Waals surface area (Å²) in [7, 11) is 0. The van der Waals surface area contributed by atoms with Gasteiger partial charge in [-0.15, -0.1) is 0 Å². The standard InChI is InChI=1S/C31H37FN4O4/c1-19-15-24-34-23(27-33-17-22(39-27)16-20-7-9-21(32)10-8-20)18-36(24)28(35-13-11-31(5,6)12-14-35)25(19)26(29(37)38)40-30(2,3)4/h7-10,15,17-18,26H,11-14,16H2,1-6H3,(H,37,38). The Morgan fingerprint density at radius 1 is 1.20 bits per heavy atom. The lowest BCUT2D eigenvalue weighted by atomic mass is 9.82. The maximum atomic E-state index is 13.3. The van der Waals surface area contributed by atoms with Crippen LogP contribution in [-0.2, 0) is 16.0 Å². The highest BCUT2D eigenvalue weighted by Crippen LogP contribution is 2.40. The van der Waals surface area contributed by atoms with Crippen LogP contribution in [0.25, 0.3) is 17.2 Å². The van der Waals surface area contributed by atoms with E-state index in [1.165, 1.54) is 12.1 Å². The fourth-order valence-electron chi connectivity index (χ4n) is 5.21. The van der Waals surface area contributed by atoms with Gasteiger partial charge in [-0.2, -0.15) is 0 Å². The molecule has 4 aromatic rings. The van der Waals surface area contributed by atoms with Crippen LogP contribution in [0.4, 0.5) is 10.2 Å². The van der Waals surface area contributed by atoms with E-state index in [-0.39, 0.29) is 11.2 Å². The third kappa shape index (κ3) is 5.89. The zero-order chi connectivity index (χ0) is 28.8. The monoisotopic (exact) mass is 548 g/mol. The average Bonchev–Trinajstić information content (AvgIpc) is 3.50. The van der Waals surface area contributed by atoms with Crippen LogP contribution in [0.5, 0.6) is 0 Å². The highest BCUT2D eigenvalue weighted by Gasteiger charge is 2.35. The van der Waals surface area contributed by atoms with Crippen LogP contribution >= 0.6 is 0 Å². The molecule has 3 aromatic heterocycles. The Hall–Kier alpha value is -3.72. The Morgan fingerprint density at radius 2 is 1.88 bits per heavy atom. The lowest BCUT2D eigenvalue weighted by molar-refractivity contribution is -0.160. The molecule has 0 bridgehead atoms. The first-order valence-electron chi connectivity index (χ1n) is 13.7. The smallest absolute Gasteiger partial charge is 0.337 e. The number of fused-ring (bicyclic) bond motifs is 1. The number of rotatable bonds is 7. The number of anilines is 1. The molecule has 0 saturated carbocycles. The maximum absolute atomic E-state index is 13.3. The molecule has 1 fully saturated rings. The predicted molar refractivity (Wildman–Crippen MR) is 151 cm³/mol. The number of oxazole rings is 1. The number of piperidine rings is 1. The number of aryl methyl sites for hydroxylation is 1. The molecule has 0 aliphatic carbocycles. The van der Waals surface area contributed by atoms with Crippen LogP contribution in [0, 0.1) is 18.2 Å². The molecule has 212 valence electrons. The van der Waals surface area contributed by atoms with Gasteiger partial charge in [0, 0.05) is 31.3 Å². The van der Waals surface area contributed by atoms with E-state index in [4.69, 9.17) is 14.1 Å². The molecule has 9 heteroatoms. The Bertz CT molecular complexity index is 1520. The van der Waals surface area contributed by atoms with Crippen LogP contribution < -0.4 is 4.90 Å². The van der Waals surface area contributed by atoms with Gasteiger partial charge in [0.05, 0.1) is 11.8 Å². The molecule has 8 nitrogen and oxygen atoms in total. The number of hydrogen-bond donors (Lipinski definition) is 1. The van der Waals surface area contributed by atoms with Crippen molar-refractivity contribution in [1.29, 1.82) is 0 Å². The van der Waals surface area contributed by atoms with Gasteiger partial charge in [-0.05, 0) is 75.3 Å². The first-order valence-corrected chi connectivity index (χ1v) is 13.7. The Kier molecular flexibility index (Phi) is 7.20. The Morgan fingerprint density at radius 3 is 2.50 bits per heavy atom. The average molecular weight is 549 g/mol. The number of aromatic nitrogens is 3. The largest absolute Gasteiger partial charge is 0.479 e. The van der Waals surface area contributed by atoms with Crippen molar-refractivity contribution in [3.8, 4) is 11.6 Å². The first kappa shape index (κ1) is 27.8. The topological polar surface area (TPSA) is 93.1 Å². The molecular weight excluding hydrogens is 511 g/mol. The quantitative estimate of drug-likeness (QED) is 0.278. The molecule has 40 heavy (non-hydrogen) atoms. The normalized spacial score (nSPS) is 16.4. The summed E-state index contributed by atoms with van der Waals surface area (Å²) in [5, 5.41) is 10.3. The Labute approximate surface area is 233 Å². The van der Waals surface area contributed by atoms with Gasteiger partial charge in [-0.1, -0.05) is 26.0 Å². The third-order valence-electron chi connectivity index (χ3n) is 7.41. The van der Waals surface area contributed by atoms with Crippen LogP contribution in [0.1, 0.15) is 76.0 Å². The molecule has 0 amide bonds. The summed E-state index contributed by atoms with van der Waals surface area (Å²) < 4.78 is 27.4. The number of aliphatic carboxylic acids is 1. The second-order valence-electron chi connectivity index (χ2n) is 12.5. The number of imidazole rings is 1. The summed E-state index contributed by atoms with van der Waals surface area (Å²) in [6, 6.07) is 8.17. The minimum atomic E-state index is -1.15. The zero-order valence-electron chi connectivity index (χ0n) is 24.0. The van der Waals surface area contributed by atoms with E-state index in [1.807, 2.05) is 44.4 Å². The predicted octanol–water partition coefficient (Wildman–Crippen LogP) is 6.59. The summed E-state index contributed by atoms with van der Waals surface area (Å²) in [5.74, 6) is 0.464. The molecule has 0 radical (unpaired) electrons. The molecule has 4 heterocycles. The molecule has 1 aliphatic heterocycles. The van der Waals surface area contributed by atoms with Gasteiger partial charge < -0.3 is 19.2 Å². The minimum absolute atomic E-state index is 0.215. The highest BCUT2D eigenvalue weighted by molar-refractivity contribution is 5.79. The fourth-order valence-corrected chi connectivity index (χ4v) is 5.21. The third-order valence-corrected chi connectivity index (χ3v) is 7.41. The van der Waals surface area contributed by atoms with Crippen LogP contribution in [0.2, 0.25) is 0 Å². The molecule has 1 atom stereocenters. The van der Waals surface area contributed by atoms with E-state index in [1.54, 1.807) is 18.3 Å². The van der Waals surface area contributed by atoms with Crippen molar-refractivity contribution in [2.24, 2.45) is 5.41 Å². The van der Waals surface area contributed by atoms with Gasteiger partial charge in [0.1, 0.15) is 28.7 Å². The van der Waals surface area contributed by atoms with Crippen molar-refractivity contribution in [3.63, 3.8) is 0 Å². The molecular formula is C31H37FN4O4. The van der Waals surface area contributed by atoms with Crippen molar-refractivity contribution in [1.82, 2.24) is 14.4 Å². The van der Waals surface area contributed by atoms with E-state index >= 15 is 0 Å². The van der Waals surface area contributed by atoms with Crippen molar-refractivity contribution < 1.29 is 23.4 Å². The molecule has 0 spiro atoms. The number of halogens is 1. The minimum Gasteiger partial charge on any atom is -0.479 e. The van der Waals surface area contributed by atoms with Crippen molar-refractivity contribution in [3.05, 3.63) is 71.0 Å². The van der Waals surface area contributed by atoms with Crippen LogP contribution in [0.15, 0.2) is 47.1 Å². The summed E-state index contributed by atoms with van der Waals surface area (Å²) in [4.78, 5) is 24.1. The van der Waals surface area contributed by atoms with Crippen LogP contribution in [0.3, 0.4) is 0 Å². The number of benzene rings is 1. The molecule has 1 unspecified atom stereocenters. The highest BCUT2D eigenvalue weighted by atomic mass is 19.1. The van der Waals surface area contributed by atoms with E-state index in [0.29, 0.717) is 35.0 Å². The summed E-state index contributed by atoms with van der Waals surface area (Å²) in [6.45, 7) is 13.6. The van der Waals surface area contributed by atoms with Gasteiger partial charge in [-0.25, -0.2) is 19.2 Å². The number of carboxylic acid groups (broad SMARTS) is 1. The van der Waals surface area contributed by atoms with Gasteiger partial charge in [-0.3, -0.25) is 4.40 Å². The van der Waals surface area contributed by atoms with Crippen molar-refractivity contribution in [2.45, 2.75) is 72.5 Å². The summed E-state index contributed by atoms with van der Waals surface area (Å²) >= 11 is 0. The van der Waals surface area contributed by atoms with E-state index in [9.17, 15) is 14.3 Å². The maximum Gasteiger partial charge on any atom is 0.337 e. The van der Waals surface area contributed by atoms with Crippen molar-refractivity contribution in [2.75, 3.05) is 18.0 Å². The number of carbonyl (C=O) groups is 1. The fraction of sp³-hybridized carbons (Fsp3) is 0.452. The summed E-state index contributed by atoms with van der Waals surface area (Å²) in [6.07, 6.45) is 4.80. The van der Waals surface area contributed by atoms with E-state index < -0.39 is 17.7 Å². The number of pyridine rings is 1. The molecule has 1 aromatic carbocycles. The zero-order valence-corrected chi connectivity index (χ0v) is 24.0. The summed E-state index contributed by atoms with van der Waals surface area (Å²) in [5.41, 5.74) is 3.11. The SMILES string of the molecule is Cc1cc2nc(-c3ncc(Cc4ccc(F)cc4)o3)cn2c(N2CCC(C)(C)CC2)c1C(OC(C)(C)C)C(=O)O. The van der Waals surface area contributed by atoms with E-state index in [2.05, 4.69) is 23.7 Å². The second-order valence-corrected chi connectivity index (χ2v) is 12.5. The first-order chi connectivity index (χ1) is 18.8. The van der Waals surface area contributed by atoms with E-state index in [0.717, 1.165) is 42.9 Å². The second kappa shape index (κ2) is 10.4. The molecule has 1 saturated heterocycles. The number of hydrogen-bond acceptors (Lipinski definition) is 6. The molecule has 1 aliphatic rings. The van der Waals surface area contributed by atoms with Gasteiger partial charge in [0.15, 0.2) is 6.10 Å². The van der Waals surface area contributed by atoms with Crippen LogP contribution in [-0.4, -0.2) is 44.1 Å². The van der Waals surface area contributed by atoms with Gasteiger partial charge >= 0.3 is 5.97 Å².